The second-order valence-electron chi connectivity index (χ2n) is 3.22. The molecule has 0 bridgehead atoms. The maximum atomic E-state index is 5.56. The van der Waals surface area contributed by atoms with E-state index < -0.39 is 8.11 Å². The van der Waals surface area contributed by atoms with Crippen molar-refractivity contribution in [3.8, 4) is 0 Å². The summed E-state index contributed by atoms with van der Waals surface area (Å²) in [6.45, 7) is 0. The lowest BCUT2D eigenvalue weighted by molar-refractivity contribution is 0.150. The van der Waals surface area contributed by atoms with Crippen molar-refractivity contribution < 1.29 is 13.3 Å². The molecule has 0 N–H and O–H groups in total. The van der Waals surface area contributed by atoms with Gasteiger partial charge in [0.2, 0.25) is 0 Å². The Balaban J connectivity index is 0.000000249. The fourth-order valence-electron chi connectivity index (χ4n) is 1.31. The van der Waals surface area contributed by atoms with Crippen molar-refractivity contribution in [1.29, 1.82) is 0 Å². The molecule has 0 atom stereocenters. The highest BCUT2D eigenvalue weighted by atomic mass is 35.6. The molecule has 0 aromatic heterocycles. The third-order valence-corrected chi connectivity index (χ3v) is 5.08. The Kier molecular flexibility index (Phi) is 8.92. The topological polar surface area (TPSA) is 27.7 Å². The minimum atomic E-state index is -2.70. The molecule has 1 saturated carbocycles. The Labute approximate surface area is 92.8 Å². The summed E-state index contributed by atoms with van der Waals surface area (Å²) in [6.07, 6.45) is 9.00. The van der Waals surface area contributed by atoms with Crippen molar-refractivity contribution in [1.82, 2.24) is 0 Å². The molecular weight excluding hydrogens is 220 g/mol. The van der Waals surface area contributed by atoms with E-state index in [0.717, 1.165) is 0 Å². The summed E-state index contributed by atoms with van der Waals surface area (Å²) >= 11 is 5.56. The normalized spacial score (nSPS) is 17.1. The van der Waals surface area contributed by atoms with Gasteiger partial charge in [0.1, 0.15) is 0 Å². The van der Waals surface area contributed by atoms with Crippen LogP contribution in [0.4, 0.5) is 0 Å². The van der Waals surface area contributed by atoms with Crippen LogP contribution in [0.5, 0.6) is 0 Å². The van der Waals surface area contributed by atoms with E-state index in [-0.39, 0.29) is 0 Å². The summed E-state index contributed by atoms with van der Waals surface area (Å²) < 4.78 is 14.1. The van der Waals surface area contributed by atoms with Crippen LogP contribution in [0.3, 0.4) is 0 Å². The smallest absolute Gasteiger partial charge is 0.365 e. The summed E-state index contributed by atoms with van der Waals surface area (Å²) in [5.41, 5.74) is 0. The first-order chi connectivity index (χ1) is 6.68. The highest BCUT2D eigenvalue weighted by Gasteiger charge is 2.35. The maximum Gasteiger partial charge on any atom is 0.612 e. The van der Waals surface area contributed by atoms with E-state index in [9.17, 15) is 0 Å². The van der Waals surface area contributed by atoms with Gasteiger partial charge < -0.3 is 13.3 Å². The summed E-state index contributed by atoms with van der Waals surface area (Å²) in [4.78, 5) is 0. The van der Waals surface area contributed by atoms with Crippen LogP contribution in [0.25, 0.3) is 0 Å². The molecule has 86 valence electrons. The van der Waals surface area contributed by atoms with Gasteiger partial charge in [-0.05, 0) is 0 Å². The molecule has 14 heavy (non-hydrogen) atoms. The Morgan fingerprint density at radius 1 is 0.714 bits per heavy atom. The molecule has 3 nitrogen and oxygen atoms in total. The van der Waals surface area contributed by atoms with Crippen molar-refractivity contribution in [2.75, 3.05) is 21.3 Å². The number of halogens is 1. The fraction of sp³-hybridized carbons (Fsp3) is 1.00. The average Bonchev–Trinajstić information content (AvgIpc) is 2.31. The Bertz CT molecular complexity index is 107. The van der Waals surface area contributed by atoms with Gasteiger partial charge in [-0.15, -0.1) is 0 Å². The van der Waals surface area contributed by atoms with Gasteiger partial charge in [-0.3, -0.25) is 0 Å². The van der Waals surface area contributed by atoms with Crippen LogP contribution < -0.4 is 0 Å². The summed E-state index contributed by atoms with van der Waals surface area (Å²) in [5.74, 6) is 0. The highest BCUT2D eigenvalue weighted by Crippen LogP contribution is 2.15. The van der Waals surface area contributed by atoms with Crippen molar-refractivity contribution in [3.05, 3.63) is 0 Å². The second kappa shape index (κ2) is 8.68. The van der Waals surface area contributed by atoms with Gasteiger partial charge in [-0.2, -0.15) is 0 Å². The Morgan fingerprint density at radius 2 is 0.929 bits per heavy atom. The minimum Gasteiger partial charge on any atom is -0.365 e. The van der Waals surface area contributed by atoms with E-state index >= 15 is 0 Å². The quantitative estimate of drug-likeness (QED) is 0.561. The standard InChI is InChI=1S/C6H12.C3H9ClO3Si/c1-2-4-6-5-3-1;1-5-8(4,6-2)7-3/h1-6H2;1-3H3. The van der Waals surface area contributed by atoms with Gasteiger partial charge in [0.25, 0.3) is 0 Å². The van der Waals surface area contributed by atoms with Gasteiger partial charge in [-0.25, -0.2) is 0 Å². The van der Waals surface area contributed by atoms with Crippen LogP contribution >= 0.6 is 11.1 Å². The predicted molar refractivity (Wildman–Crippen MR) is 60.3 cm³/mol. The molecule has 0 saturated heterocycles. The lowest BCUT2D eigenvalue weighted by atomic mass is 10.0. The van der Waals surface area contributed by atoms with E-state index in [1.165, 1.54) is 59.9 Å². The first kappa shape index (κ1) is 14.4. The van der Waals surface area contributed by atoms with Gasteiger partial charge in [0.05, 0.1) is 0 Å². The van der Waals surface area contributed by atoms with Gasteiger partial charge in [0.15, 0.2) is 0 Å². The molecule has 0 aromatic rings. The molecule has 1 aliphatic carbocycles. The number of rotatable bonds is 3. The zero-order valence-electron chi connectivity index (χ0n) is 9.35. The first-order valence-corrected chi connectivity index (χ1v) is 7.76. The molecule has 1 rings (SSSR count). The lowest BCUT2D eigenvalue weighted by Crippen LogP contribution is -2.35. The zero-order chi connectivity index (χ0) is 10.9. The predicted octanol–water partition coefficient (Wildman–Crippen LogP) is 2.94. The van der Waals surface area contributed by atoms with Crippen molar-refractivity contribution in [2.45, 2.75) is 38.5 Å². The molecule has 0 spiro atoms. The van der Waals surface area contributed by atoms with Crippen molar-refractivity contribution >= 4 is 19.2 Å². The first-order valence-electron chi connectivity index (χ1n) is 5.03. The SMILES string of the molecule is C1CCCCC1.CO[Si](Cl)(OC)OC. The Hall–Kier alpha value is 0.387. The molecule has 1 fully saturated rings. The molecule has 0 unspecified atom stereocenters. The zero-order valence-corrected chi connectivity index (χ0v) is 11.1. The van der Waals surface area contributed by atoms with Gasteiger partial charge in [0, 0.05) is 21.3 Å². The fourth-order valence-corrected chi connectivity index (χ4v) is 1.81. The van der Waals surface area contributed by atoms with Crippen molar-refractivity contribution in [3.63, 3.8) is 0 Å². The third kappa shape index (κ3) is 6.78. The second-order valence-corrected chi connectivity index (χ2v) is 6.79. The van der Waals surface area contributed by atoms with Gasteiger partial charge in [-0.1, -0.05) is 49.6 Å². The summed E-state index contributed by atoms with van der Waals surface area (Å²) in [6, 6.07) is 0. The van der Waals surface area contributed by atoms with Crippen LogP contribution in [-0.2, 0) is 13.3 Å². The van der Waals surface area contributed by atoms with E-state index in [1.54, 1.807) is 0 Å². The van der Waals surface area contributed by atoms with Gasteiger partial charge >= 0.3 is 8.11 Å². The molecular formula is C9H21ClO3Si. The van der Waals surface area contributed by atoms with Crippen LogP contribution in [-0.4, -0.2) is 29.4 Å². The molecule has 0 aliphatic heterocycles. The van der Waals surface area contributed by atoms with E-state index in [0.29, 0.717) is 0 Å². The number of hydrogen-bond donors (Lipinski definition) is 0. The highest BCUT2D eigenvalue weighted by molar-refractivity contribution is 7.09. The van der Waals surface area contributed by atoms with Crippen LogP contribution in [0, 0.1) is 0 Å². The largest absolute Gasteiger partial charge is 0.612 e. The summed E-state index contributed by atoms with van der Waals surface area (Å²) in [5, 5.41) is 0. The van der Waals surface area contributed by atoms with Crippen LogP contribution in [0.1, 0.15) is 38.5 Å². The van der Waals surface area contributed by atoms with Crippen molar-refractivity contribution in [2.24, 2.45) is 0 Å². The van der Waals surface area contributed by atoms with Crippen LogP contribution in [0.2, 0.25) is 0 Å². The molecule has 0 heterocycles. The molecule has 5 heteroatoms. The lowest BCUT2D eigenvalue weighted by Gasteiger charge is -2.14. The maximum absolute atomic E-state index is 5.56. The number of hydrogen-bond acceptors (Lipinski definition) is 3. The Morgan fingerprint density at radius 3 is 1.00 bits per heavy atom. The molecule has 1 aliphatic rings. The van der Waals surface area contributed by atoms with E-state index in [2.05, 4.69) is 0 Å². The minimum absolute atomic E-state index is 1.45. The molecule has 0 aromatic carbocycles. The van der Waals surface area contributed by atoms with Crippen LogP contribution in [0.15, 0.2) is 0 Å². The molecule has 0 amide bonds. The molecule has 0 radical (unpaired) electrons. The van der Waals surface area contributed by atoms with E-state index in [1.807, 2.05) is 0 Å². The summed E-state index contributed by atoms with van der Waals surface area (Å²) in [7, 11) is 1.65. The third-order valence-electron chi connectivity index (χ3n) is 2.23. The average molecular weight is 241 g/mol. The van der Waals surface area contributed by atoms with E-state index in [4.69, 9.17) is 24.4 Å². The monoisotopic (exact) mass is 240 g/mol.